The zero-order valence-corrected chi connectivity index (χ0v) is 11.6. The van der Waals surface area contributed by atoms with E-state index >= 15 is 0 Å². The summed E-state index contributed by atoms with van der Waals surface area (Å²) in [5.74, 6) is -1.01. The fraction of sp³-hybridized carbons (Fsp3) is 0.133. The minimum Gasteiger partial charge on any atom is -0.489 e. The van der Waals surface area contributed by atoms with Crippen molar-refractivity contribution >= 4 is 5.91 Å². The number of nitrogens with one attached hydrogen (secondary N) is 1. The van der Waals surface area contributed by atoms with Crippen LogP contribution in [0.5, 0.6) is 11.5 Å². The van der Waals surface area contributed by atoms with Gasteiger partial charge >= 0.3 is 6.36 Å². The second-order valence-corrected chi connectivity index (χ2v) is 4.44. The number of benzene rings is 2. The van der Waals surface area contributed by atoms with Crippen molar-refractivity contribution in [3.63, 3.8) is 0 Å². The maximum atomic E-state index is 12.2. The van der Waals surface area contributed by atoms with E-state index in [-0.39, 0.29) is 23.7 Å². The molecule has 0 heterocycles. The van der Waals surface area contributed by atoms with Crippen LogP contribution in [0.4, 0.5) is 17.7 Å². The van der Waals surface area contributed by atoms with Crippen LogP contribution in [0, 0.1) is 0 Å². The van der Waals surface area contributed by atoms with Crippen LogP contribution in [0.1, 0.15) is 15.9 Å². The third-order valence-electron chi connectivity index (χ3n) is 2.72. The van der Waals surface area contributed by atoms with E-state index in [1.54, 1.807) is 6.07 Å². The molecule has 0 spiro atoms. The van der Waals surface area contributed by atoms with Crippen LogP contribution < -0.4 is 15.0 Å². The largest absolute Gasteiger partial charge is 0.573 e. The van der Waals surface area contributed by atoms with Gasteiger partial charge in [-0.2, -0.15) is 5.54 Å². The van der Waals surface area contributed by atoms with Crippen molar-refractivity contribution in [1.29, 1.82) is 0 Å². The molecular weight excluding hydrogens is 318 g/mol. The fourth-order valence-corrected chi connectivity index (χ4v) is 1.78. The molecule has 23 heavy (non-hydrogen) atoms. The number of rotatable bonds is 5. The lowest BCUT2D eigenvalue weighted by Crippen LogP contribution is -2.17. The number of carbonyl (C=O) groups is 1. The molecule has 0 aliphatic carbocycles. The first-order valence-electron chi connectivity index (χ1n) is 6.36. The highest BCUT2D eigenvalue weighted by molar-refractivity contribution is 5.93. The fourth-order valence-electron chi connectivity index (χ4n) is 1.78. The Balaban J connectivity index is 2.04. The van der Waals surface area contributed by atoms with Gasteiger partial charge in [-0.1, -0.05) is 22.7 Å². The summed E-state index contributed by atoms with van der Waals surface area (Å²) in [5, 5.41) is 0. The highest BCUT2D eigenvalue weighted by atomic mass is 19.4. The number of hydrogen-bond acceptors (Lipinski definition) is 3. The molecule has 0 bridgehead atoms. The van der Waals surface area contributed by atoms with Crippen LogP contribution in [0.25, 0.3) is 0 Å². The molecule has 2 rings (SSSR count). The summed E-state index contributed by atoms with van der Waals surface area (Å²) < 4.78 is 57.7. The van der Waals surface area contributed by atoms with Gasteiger partial charge in [0.2, 0.25) is 0 Å². The average Bonchev–Trinajstić information content (AvgIpc) is 2.51. The Morgan fingerprint density at radius 1 is 1.04 bits per heavy atom. The second kappa shape index (κ2) is 6.99. The third kappa shape index (κ3) is 5.17. The Labute approximate surface area is 128 Å². The normalized spacial score (nSPS) is 11.0. The Kier molecular flexibility index (Phi) is 5.05. The number of hydrogen-bond donors (Lipinski definition) is 1. The van der Waals surface area contributed by atoms with Crippen molar-refractivity contribution in [3.8, 4) is 11.5 Å². The average molecular weight is 329 g/mol. The first-order valence-corrected chi connectivity index (χ1v) is 6.36. The van der Waals surface area contributed by atoms with E-state index in [0.717, 1.165) is 5.54 Å². The quantitative estimate of drug-likeness (QED) is 0.671. The molecule has 0 atom stereocenters. The molecule has 0 saturated carbocycles. The summed E-state index contributed by atoms with van der Waals surface area (Å²) in [6.07, 6.45) is -4.77. The molecule has 2 aromatic rings. The minimum atomic E-state index is -4.77. The zero-order valence-electron chi connectivity index (χ0n) is 11.6. The van der Waals surface area contributed by atoms with Crippen LogP contribution in [0.3, 0.4) is 0 Å². The van der Waals surface area contributed by atoms with E-state index in [1.807, 2.05) is 0 Å². The predicted octanol–water partition coefficient (Wildman–Crippen LogP) is 3.78. The molecule has 0 aliphatic heterocycles. The van der Waals surface area contributed by atoms with E-state index in [0.29, 0.717) is 5.56 Å². The smallest absolute Gasteiger partial charge is 0.489 e. The number of halogens is 4. The molecule has 1 N–H and O–H groups in total. The molecule has 122 valence electrons. The number of carbonyl (C=O) groups excluding carboxylic acids is 1. The summed E-state index contributed by atoms with van der Waals surface area (Å²) in [6.45, 7) is -0.0459. The number of alkyl halides is 3. The molecule has 8 heteroatoms. The molecule has 0 radical (unpaired) electrons. The van der Waals surface area contributed by atoms with Crippen molar-refractivity contribution in [2.75, 3.05) is 0 Å². The Morgan fingerprint density at radius 3 is 2.43 bits per heavy atom. The third-order valence-corrected chi connectivity index (χ3v) is 2.72. The van der Waals surface area contributed by atoms with Crippen LogP contribution >= 0.6 is 0 Å². The molecular formula is C15H11F4NO3. The van der Waals surface area contributed by atoms with Gasteiger partial charge in [-0.05, 0) is 35.9 Å². The maximum absolute atomic E-state index is 12.2. The lowest BCUT2D eigenvalue weighted by molar-refractivity contribution is -0.274. The van der Waals surface area contributed by atoms with Crippen molar-refractivity contribution in [2.45, 2.75) is 13.0 Å². The van der Waals surface area contributed by atoms with Gasteiger partial charge < -0.3 is 9.47 Å². The van der Waals surface area contributed by atoms with Crippen LogP contribution in [0.2, 0.25) is 0 Å². The van der Waals surface area contributed by atoms with Gasteiger partial charge in [-0.15, -0.1) is 13.2 Å². The molecule has 0 unspecified atom stereocenters. The summed E-state index contributed by atoms with van der Waals surface area (Å²) in [6, 6.07) is 11.0. The molecule has 0 aliphatic rings. The predicted molar refractivity (Wildman–Crippen MR) is 72.5 cm³/mol. The second-order valence-electron chi connectivity index (χ2n) is 4.44. The molecule has 0 aromatic heterocycles. The van der Waals surface area contributed by atoms with Gasteiger partial charge in [0.05, 0.1) is 0 Å². The van der Waals surface area contributed by atoms with Crippen LogP contribution in [-0.2, 0) is 6.61 Å². The minimum absolute atomic E-state index is 0.0459. The number of ether oxygens (including phenoxy) is 2. The van der Waals surface area contributed by atoms with E-state index in [1.165, 1.54) is 42.5 Å². The van der Waals surface area contributed by atoms with Gasteiger partial charge in [-0.3, -0.25) is 4.79 Å². The molecule has 2 aromatic carbocycles. The summed E-state index contributed by atoms with van der Waals surface area (Å²) >= 11 is 0. The van der Waals surface area contributed by atoms with E-state index < -0.39 is 12.3 Å². The summed E-state index contributed by atoms with van der Waals surface area (Å²) in [5.41, 5.74) is 1.49. The molecule has 1 amide bonds. The number of amides is 1. The van der Waals surface area contributed by atoms with Crippen LogP contribution in [-0.4, -0.2) is 12.3 Å². The van der Waals surface area contributed by atoms with Crippen molar-refractivity contribution < 1.29 is 31.9 Å². The van der Waals surface area contributed by atoms with Gasteiger partial charge in [0.15, 0.2) is 0 Å². The first-order chi connectivity index (χ1) is 10.9. The Morgan fingerprint density at radius 2 is 1.74 bits per heavy atom. The highest BCUT2D eigenvalue weighted by Crippen LogP contribution is 2.24. The van der Waals surface area contributed by atoms with Gasteiger partial charge in [0.25, 0.3) is 5.91 Å². The van der Waals surface area contributed by atoms with Gasteiger partial charge in [0.1, 0.15) is 18.1 Å². The van der Waals surface area contributed by atoms with Gasteiger partial charge in [0, 0.05) is 5.56 Å². The monoisotopic (exact) mass is 329 g/mol. The summed E-state index contributed by atoms with van der Waals surface area (Å²) in [4.78, 5) is 11.2. The van der Waals surface area contributed by atoms with E-state index in [9.17, 15) is 22.4 Å². The molecule has 0 fully saturated rings. The maximum Gasteiger partial charge on any atom is 0.573 e. The van der Waals surface area contributed by atoms with E-state index in [2.05, 4.69) is 4.74 Å². The van der Waals surface area contributed by atoms with Crippen molar-refractivity contribution in [3.05, 3.63) is 59.7 Å². The first kappa shape index (κ1) is 16.6. The zero-order chi connectivity index (χ0) is 16.9. The SMILES string of the molecule is O=C(NF)c1cccc(OCc2cccc(OC(F)(F)F)c2)c1. The Bertz CT molecular complexity index is 688. The van der Waals surface area contributed by atoms with Crippen molar-refractivity contribution in [2.24, 2.45) is 0 Å². The standard InChI is InChI=1S/C15H11F4NO3/c16-15(17,18)23-13-6-1-3-10(7-13)9-22-12-5-2-4-11(8-12)14(21)20-19/h1-8H,9H2,(H,20,21). The highest BCUT2D eigenvalue weighted by Gasteiger charge is 2.31. The van der Waals surface area contributed by atoms with E-state index in [4.69, 9.17) is 4.74 Å². The van der Waals surface area contributed by atoms with Crippen LogP contribution in [0.15, 0.2) is 48.5 Å². The molecule has 0 saturated heterocycles. The molecule has 4 nitrogen and oxygen atoms in total. The summed E-state index contributed by atoms with van der Waals surface area (Å²) in [7, 11) is 0. The lowest BCUT2D eigenvalue weighted by Gasteiger charge is -2.11. The Hall–Kier alpha value is -2.77. The lowest BCUT2D eigenvalue weighted by atomic mass is 10.2. The topological polar surface area (TPSA) is 47.6 Å². The van der Waals surface area contributed by atoms with Crippen molar-refractivity contribution in [1.82, 2.24) is 5.54 Å². The van der Waals surface area contributed by atoms with Gasteiger partial charge in [-0.25, -0.2) is 0 Å².